The Morgan fingerprint density at radius 3 is 3.31 bits per heavy atom. The number of hydrogen-bond donors (Lipinski definition) is 2. The minimum Gasteiger partial charge on any atom is -0.379 e. The van der Waals surface area contributed by atoms with Crippen molar-refractivity contribution < 1.29 is 9.47 Å². The zero-order valence-corrected chi connectivity index (χ0v) is 9.74. The zero-order chi connectivity index (χ0) is 11.2. The second-order valence-electron chi connectivity index (χ2n) is 4.32. The molecule has 1 aromatic rings. The first kappa shape index (κ1) is 11.6. The fourth-order valence-corrected chi connectivity index (χ4v) is 1.74. The maximum absolute atomic E-state index is 5.74. The van der Waals surface area contributed by atoms with Gasteiger partial charge in [0.2, 0.25) is 0 Å². The molecule has 1 aliphatic heterocycles. The van der Waals surface area contributed by atoms with Gasteiger partial charge in [-0.1, -0.05) is 0 Å². The van der Waals surface area contributed by atoms with Crippen LogP contribution in [0.2, 0.25) is 0 Å². The van der Waals surface area contributed by atoms with Gasteiger partial charge in [0.25, 0.3) is 0 Å². The van der Waals surface area contributed by atoms with Crippen LogP contribution in [0, 0.1) is 0 Å². The van der Waals surface area contributed by atoms with Crippen molar-refractivity contribution in [3.05, 3.63) is 24.0 Å². The molecule has 2 unspecified atom stereocenters. The van der Waals surface area contributed by atoms with Gasteiger partial charge < -0.3 is 19.8 Å². The van der Waals surface area contributed by atoms with E-state index in [4.69, 9.17) is 9.47 Å². The number of rotatable bonds is 6. The highest BCUT2D eigenvalue weighted by atomic mass is 16.5. The maximum Gasteiger partial charge on any atom is 0.0831 e. The normalized spacial score (nSPS) is 22.4. The molecule has 1 saturated heterocycles. The van der Waals surface area contributed by atoms with E-state index < -0.39 is 0 Å². The molecule has 0 aromatic carbocycles. The van der Waals surface area contributed by atoms with E-state index in [1.807, 2.05) is 12.4 Å². The van der Waals surface area contributed by atoms with E-state index in [-0.39, 0.29) is 0 Å². The summed E-state index contributed by atoms with van der Waals surface area (Å²) in [7, 11) is 0. The molecule has 1 fully saturated rings. The number of hydrogen-bond acceptors (Lipinski definition) is 3. The van der Waals surface area contributed by atoms with Crippen LogP contribution in [-0.2, 0) is 16.0 Å². The number of nitrogens with one attached hydrogen (secondary N) is 2. The standard InChI is InChI=1S/C12H20N2O2/c1-10(8-16-12-3-5-15-9-12)14-7-11-2-4-13-6-11/h2,4,6,10,12-14H,3,5,7-9H2,1H3. The van der Waals surface area contributed by atoms with Gasteiger partial charge in [0.1, 0.15) is 0 Å². The molecule has 0 radical (unpaired) electrons. The first-order chi connectivity index (χ1) is 7.84. The lowest BCUT2D eigenvalue weighted by Gasteiger charge is -2.16. The highest BCUT2D eigenvalue weighted by molar-refractivity contribution is 5.07. The third kappa shape index (κ3) is 3.63. The zero-order valence-electron chi connectivity index (χ0n) is 9.74. The van der Waals surface area contributed by atoms with Crippen molar-refractivity contribution in [3.63, 3.8) is 0 Å². The van der Waals surface area contributed by atoms with E-state index >= 15 is 0 Å². The van der Waals surface area contributed by atoms with E-state index in [2.05, 4.69) is 23.3 Å². The minimum absolute atomic E-state index is 0.302. The predicted octanol–water partition coefficient (Wildman–Crippen LogP) is 1.30. The van der Waals surface area contributed by atoms with Gasteiger partial charge in [0.05, 0.1) is 19.3 Å². The largest absolute Gasteiger partial charge is 0.379 e. The molecule has 4 nitrogen and oxygen atoms in total. The van der Waals surface area contributed by atoms with Crippen LogP contribution in [0.25, 0.3) is 0 Å². The fourth-order valence-electron chi connectivity index (χ4n) is 1.74. The average molecular weight is 224 g/mol. The highest BCUT2D eigenvalue weighted by Crippen LogP contribution is 2.08. The summed E-state index contributed by atoms with van der Waals surface area (Å²) in [5.41, 5.74) is 1.27. The van der Waals surface area contributed by atoms with Crippen LogP contribution in [0.5, 0.6) is 0 Å². The molecule has 2 heterocycles. The molecule has 2 rings (SSSR count). The van der Waals surface area contributed by atoms with Crippen LogP contribution in [0.4, 0.5) is 0 Å². The summed E-state index contributed by atoms with van der Waals surface area (Å²) in [6.07, 6.45) is 5.28. The minimum atomic E-state index is 0.302. The number of aromatic amines is 1. The van der Waals surface area contributed by atoms with Gasteiger partial charge >= 0.3 is 0 Å². The van der Waals surface area contributed by atoms with Crippen molar-refractivity contribution in [2.45, 2.75) is 32.0 Å². The maximum atomic E-state index is 5.74. The molecule has 0 amide bonds. The van der Waals surface area contributed by atoms with E-state index in [0.717, 1.165) is 32.8 Å². The van der Waals surface area contributed by atoms with Gasteiger partial charge in [-0.25, -0.2) is 0 Å². The molecule has 0 saturated carbocycles. The molecular weight excluding hydrogens is 204 g/mol. The quantitative estimate of drug-likeness (QED) is 0.765. The van der Waals surface area contributed by atoms with Crippen molar-refractivity contribution in [1.82, 2.24) is 10.3 Å². The SMILES string of the molecule is CC(COC1CCOC1)NCc1cc[nH]c1. The molecule has 0 spiro atoms. The number of aromatic nitrogens is 1. The highest BCUT2D eigenvalue weighted by Gasteiger charge is 2.16. The number of ether oxygens (including phenoxy) is 2. The molecular formula is C12H20N2O2. The second-order valence-corrected chi connectivity index (χ2v) is 4.32. The molecule has 2 N–H and O–H groups in total. The molecule has 4 heteroatoms. The Labute approximate surface area is 96.3 Å². The fraction of sp³-hybridized carbons (Fsp3) is 0.667. The van der Waals surface area contributed by atoms with Gasteiger partial charge in [0.15, 0.2) is 0 Å². The van der Waals surface area contributed by atoms with Gasteiger partial charge in [0, 0.05) is 31.6 Å². The summed E-state index contributed by atoms with van der Waals surface area (Å²) >= 11 is 0. The van der Waals surface area contributed by atoms with Gasteiger partial charge in [-0.3, -0.25) is 0 Å². The van der Waals surface area contributed by atoms with Crippen LogP contribution in [0.1, 0.15) is 18.9 Å². The van der Waals surface area contributed by atoms with E-state index in [1.54, 1.807) is 0 Å². The number of H-pyrrole nitrogens is 1. The summed E-state index contributed by atoms with van der Waals surface area (Å²) in [4.78, 5) is 3.04. The molecule has 90 valence electrons. The molecule has 16 heavy (non-hydrogen) atoms. The lowest BCUT2D eigenvalue weighted by Crippen LogP contribution is -2.32. The van der Waals surface area contributed by atoms with E-state index in [9.17, 15) is 0 Å². The molecule has 1 aromatic heterocycles. The van der Waals surface area contributed by atoms with Gasteiger partial charge in [-0.05, 0) is 25.0 Å². The molecule has 0 aliphatic carbocycles. The first-order valence-electron chi connectivity index (χ1n) is 5.89. The summed E-state index contributed by atoms with van der Waals surface area (Å²) in [5, 5.41) is 3.42. The first-order valence-corrected chi connectivity index (χ1v) is 5.89. The van der Waals surface area contributed by atoms with Crippen LogP contribution in [-0.4, -0.2) is 37.0 Å². The third-order valence-corrected chi connectivity index (χ3v) is 2.79. The van der Waals surface area contributed by atoms with Crippen molar-refractivity contribution in [2.75, 3.05) is 19.8 Å². The monoisotopic (exact) mass is 224 g/mol. The van der Waals surface area contributed by atoms with Crippen molar-refractivity contribution >= 4 is 0 Å². The van der Waals surface area contributed by atoms with Crippen LogP contribution in [0.15, 0.2) is 18.5 Å². The molecule has 1 aliphatic rings. The van der Waals surface area contributed by atoms with E-state index in [0.29, 0.717) is 12.1 Å². The van der Waals surface area contributed by atoms with Crippen LogP contribution >= 0.6 is 0 Å². The molecule has 0 bridgehead atoms. The average Bonchev–Trinajstić information content (AvgIpc) is 2.96. The summed E-state index contributed by atoms with van der Waals surface area (Å²) < 4.78 is 11.0. The topological polar surface area (TPSA) is 46.3 Å². The van der Waals surface area contributed by atoms with Crippen molar-refractivity contribution in [2.24, 2.45) is 0 Å². The Kier molecular flexibility index (Phi) is 4.39. The smallest absolute Gasteiger partial charge is 0.0831 e. The van der Waals surface area contributed by atoms with E-state index in [1.165, 1.54) is 5.56 Å². The van der Waals surface area contributed by atoms with Crippen LogP contribution < -0.4 is 5.32 Å². The Hall–Kier alpha value is -0.840. The van der Waals surface area contributed by atoms with Crippen molar-refractivity contribution in [1.29, 1.82) is 0 Å². The molecule has 2 atom stereocenters. The van der Waals surface area contributed by atoms with Crippen molar-refractivity contribution in [3.8, 4) is 0 Å². The Balaban J connectivity index is 1.58. The second kappa shape index (κ2) is 6.03. The van der Waals surface area contributed by atoms with Crippen LogP contribution in [0.3, 0.4) is 0 Å². The third-order valence-electron chi connectivity index (χ3n) is 2.79. The Bertz CT molecular complexity index is 281. The predicted molar refractivity (Wildman–Crippen MR) is 62.3 cm³/mol. The lowest BCUT2D eigenvalue weighted by molar-refractivity contribution is 0.0322. The van der Waals surface area contributed by atoms with Gasteiger partial charge in [-0.2, -0.15) is 0 Å². The summed E-state index contributed by atoms with van der Waals surface area (Å²) in [6, 6.07) is 2.45. The lowest BCUT2D eigenvalue weighted by atomic mass is 10.3. The Morgan fingerprint density at radius 1 is 1.69 bits per heavy atom. The summed E-state index contributed by atoms with van der Waals surface area (Å²) in [6.45, 7) is 5.37. The summed E-state index contributed by atoms with van der Waals surface area (Å²) in [5.74, 6) is 0. The Morgan fingerprint density at radius 2 is 2.62 bits per heavy atom. The van der Waals surface area contributed by atoms with Gasteiger partial charge in [-0.15, -0.1) is 0 Å².